The molecule has 190 valence electrons. The molecule has 1 aliphatic heterocycles. The van der Waals surface area contributed by atoms with E-state index < -0.39 is 11.7 Å². The van der Waals surface area contributed by atoms with Crippen molar-refractivity contribution >= 4 is 17.8 Å². The van der Waals surface area contributed by atoms with Crippen molar-refractivity contribution in [3.05, 3.63) is 72.3 Å². The summed E-state index contributed by atoms with van der Waals surface area (Å²) in [6.07, 6.45) is 2.55. The van der Waals surface area contributed by atoms with Crippen LogP contribution < -0.4 is 5.32 Å². The normalized spacial score (nSPS) is 14.1. The Kier molecular flexibility index (Phi) is 8.23. The molecule has 0 spiro atoms. The third-order valence-electron chi connectivity index (χ3n) is 5.90. The van der Waals surface area contributed by atoms with Gasteiger partial charge in [0.15, 0.2) is 5.82 Å². The largest absolute Gasteiger partial charge is 0.416 e. The van der Waals surface area contributed by atoms with Crippen molar-refractivity contribution in [3.63, 3.8) is 0 Å². The fourth-order valence-electron chi connectivity index (χ4n) is 3.89. The van der Waals surface area contributed by atoms with Crippen LogP contribution in [0.2, 0.25) is 0 Å². The van der Waals surface area contributed by atoms with E-state index in [2.05, 4.69) is 20.3 Å². The molecule has 0 saturated carbocycles. The highest BCUT2D eigenvalue weighted by atomic mass is 19.4. The molecule has 3 aromatic rings. The lowest BCUT2D eigenvalue weighted by Crippen LogP contribution is -2.48. The first-order chi connectivity index (χ1) is 16.7. The van der Waals surface area contributed by atoms with Gasteiger partial charge in [-0.3, -0.25) is 20.1 Å². The van der Waals surface area contributed by atoms with Crippen molar-refractivity contribution in [1.82, 2.24) is 24.8 Å². The highest BCUT2D eigenvalue weighted by molar-refractivity contribution is 5.94. The number of urea groups is 1. The summed E-state index contributed by atoms with van der Waals surface area (Å²) in [6, 6.07) is 7.79. The van der Waals surface area contributed by atoms with Gasteiger partial charge in [0, 0.05) is 44.1 Å². The smallest absolute Gasteiger partial charge is 0.338 e. The van der Waals surface area contributed by atoms with E-state index in [1.54, 1.807) is 35.2 Å². The summed E-state index contributed by atoms with van der Waals surface area (Å²) in [5, 5.41) is 2.66. The van der Waals surface area contributed by atoms with Crippen LogP contribution in [0.5, 0.6) is 0 Å². The van der Waals surface area contributed by atoms with E-state index >= 15 is 0 Å². The maximum Gasteiger partial charge on any atom is 0.416 e. The Morgan fingerprint density at radius 2 is 1.81 bits per heavy atom. The van der Waals surface area contributed by atoms with E-state index in [0.717, 1.165) is 12.1 Å². The van der Waals surface area contributed by atoms with Gasteiger partial charge in [-0.1, -0.05) is 19.6 Å². The summed E-state index contributed by atoms with van der Waals surface area (Å²) in [7, 11) is 1.67. The van der Waals surface area contributed by atoms with Gasteiger partial charge < -0.3 is 9.80 Å². The minimum absolute atomic E-state index is 0. The first kappa shape index (κ1) is 26.6. The van der Waals surface area contributed by atoms with E-state index in [0.29, 0.717) is 31.5 Å². The Morgan fingerprint density at radius 1 is 1.06 bits per heavy atom. The summed E-state index contributed by atoms with van der Waals surface area (Å²) >= 11 is 0. The number of benzene rings is 1. The Morgan fingerprint density at radius 3 is 2.42 bits per heavy atom. The predicted octanol–water partition coefficient (Wildman–Crippen LogP) is 4.96. The van der Waals surface area contributed by atoms with Crippen molar-refractivity contribution in [3.8, 4) is 11.3 Å². The molecule has 3 amide bonds. The van der Waals surface area contributed by atoms with E-state index in [1.165, 1.54) is 30.7 Å². The summed E-state index contributed by atoms with van der Waals surface area (Å²) in [4.78, 5) is 40.8. The van der Waals surface area contributed by atoms with Gasteiger partial charge in [0.2, 0.25) is 0 Å². The number of hydrogen-bond donors (Lipinski definition) is 1. The summed E-state index contributed by atoms with van der Waals surface area (Å²) < 4.78 is 38.8. The molecule has 1 aliphatic rings. The molecule has 4 rings (SSSR count). The molecule has 0 unspecified atom stereocenters. The van der Waals surface area contributed by atoms with Crippen molar-refractivity contribution < 1.29 is 22.8 Å². The molecule has 3 heterocycles. The minimum Gasteiger partial charge on any atom is -0.338 e. The second-order valence-electron chi connectivity index (χ2n) is 8.17. The molecular weight excluding hydrogens is 473 g/mol. The van der Waals surface area contributed by atoms with Crippen LogP contribution in [0.3, 0.4) is 0 Å². The fraction of sp³-hybridized carbons (Fsp3) is 0.320. The SMILES string of the molecule is C.CN(C(=O)Nc1cnc(-c2cccc(C(F)(F)F)c2)cn1)C1CCN(C(=O)c2cccnc2)CC1. The van der Waals surface area contributed by atoms with Gasteiger partial charge in [-0.05, 0) is 37.1 Å². The van der Waals surface area contributed by atoms with Gasteiger partial charge in [-0.15, -0.1) is 0 Å². The number of piperidine rings is 1. The lowest BCUT2D eigenvalue weighted by Gasteiger charge is -2.36. The molecule has 1 aromatic carbocycles. The van der Waals surface area contributed by atoms with Gasteiger partial charge in [0.05, 0.1) is 29.2 Å². The summed E-state index contributed by atoms with van der Waals surface area (Å²) in [6.45, 7) is 1.03. The van der Waals surface area contributed by atoms with Crippen LogP contribution in [-0.2, 0) is 6.18 Å². The van der Waals surface area contributed by atoms with Crippen LogP contribution in [0.25, 0.3) is 11.3 Å². The number of nitrogens with one attached hydrogen (secondary N) is 1. The first-order valence-corrected chi connectivity index (χ1v) is 10.9. The molecule has 2 aromatic heterocycles. The van der Waals surface area contributed by atoms with Crippen LogP contribution in [0, 0.1) is 0 Å². The van der Waals surface area contributed by atoms with E-state index in [9.17, 15) is 22.8 Å². The van der Waals surface area contributed by atoms with Gasteiger partial charge in [-0.25, -0.2) is 9.78 Å². The molecule has 1 fully saturated rings. The number of alkyl halides is 3. The van der Waals surface area contributed by atoms with Crippen LogP contribution in [0.4, 0.5) is 23.8 Å². The zero-order valence-corrected chi connectivity index (χ0v) is 18.9. The number of anilines is 1. The molecule has 0 bridgehead atoms. The predicted molar refractivity (Wildman–Crippen MR) is 129 cm³/mol. The quantitative estimate of drug-likeness (QED) is 0.547. The molecule has 8 nitrogen and oxygen atoms in total. The van der Waals surface area contributed by atoms with E-state index in [1.807, 2.05) is 0 Å². The molecular formula is C25H27F3N6O2. The van der Waals surface area contributed by atoms with Crippen molar-refractivity contribution in [2.24, 2.45) is 0 Å². The Bertz CT molecular complexity index is 1180. The zero-order chi connectivity index (χ0) is 25.0. The number of pyridine rings is 1. The Hall–Kier alpha value is -4.02. The highest BCUT2D eigenvalue weighted by Gasteiger charge is 2.31. The maximum absolute atomic E-state index is 12.9. The number of nitrogens with zero attached hydrogens (tertiary/aromatic N) is 5. The lowest BCUT2D eigenvalue weighted by atomic mass is 10.0. The lowest BCUT2D eigenvalue weighted by molar-refractivity contribution is -0.137. The topological polar surface area (TPSA) is 91.3 Å². The van der Waals surface area contributed by atoms with Crippen LogP contribution in [0.15, 0.2) is 61.2 Å². The van der Waals surface area contributed by atoms with Gasteiger partial charge >= 0.3 is 12.2 Å². The number of carbonyl (C=O) groups is 2. The standard InChI is InChI=1S/C24H23F3N6O2.CH4/c1-32(19-7-10-33(11-8-19)22(34)17-5-3-9-28-13-17)23(35)31-21-15-29-20(14-30-21)16-4-2-6-18(12-16)24(25,26)27;/h2-6,9,12-15,19H,7-8,10-11H2,1H3,(H,30,31,35);1H4. The molecule has 11 heteroatoms. The Balaban J connectivity index is 0.00000361. The van der Waals surface area contributed by atoms with Crippen LogP contribution in [-0.4, -0.2) is 62.9 Å². The number of rotatable bonds is 4. The molecule has 1 N–H and O–H groups in total. The summed E-state index contributed by atoms with van der Waals surface area (Å²) in [5.74, 6) is 0.0987. The van der Waals surface area contributed by atoms with Crippen molar-refractivity contribution in [1.29, 1.82) is 0 Å². The van der Waals surface area contributed by atoms with Gasteiger partial charge in [0.25, 0.3) is 5.91 Å². The summed E-state index contributed by atoms with van der Waals surface area (Å²) in [5.41, 5.74) is 0.288. The van der Waals surface area contributed by atoms with Crippen molar-refractivity contribution in [2.45, 2.75) is 32.5 Å². The van der Waals surface area contributed by atoms with Crippen molar-refractivity contribution in [2.75, 3.05) is 25.5 Å². The number of carbonyl (C=O) groups excluding carboxylic acids is 2. The molecule has 36 heavy (non-hydrogen) atoms. The van der Waals surface area contributed by atoms with Gasteiger partial charge in [0.1, 0.15) is 0 Å². The number of halogens is 3. The average Bonchev–Trinajstić information content (AvgIpc) is 2.88. The highest BCUT2D eigenvalue weighted by Crippen LogP contribution is 2.31. The molecule has 0 atom stereocenters. The minimum atomic E-state index is -4.45. The van der Waals surface area contributed by atoms with Gasteiger partial charge in [-0.2, -0.15) is 13.2 Å². The molecule has 0 aliphatic carbocycles. The van der Waals surface area contributed by atoms with Crippen LogP contribution >= 0.6 is 0 Å². The maximum atomic E-state index is 12.9. The fourth-order valence-corrected chi connectivity index (χ4v) is 3.89. The van der Waals surface area contributed by atoms with E-state index in [-0.39, 0.29) is 42.5 Å². The molecule has 0 radical (unpaired) electrons. The number of likely N-dealkylation sites (tertiary alicyclic amines) is 1. The zero-order valence-electron chi connectivity index (χ0n) is 18.9. The number of hydrogen-bond acceptors (Lipinski definition) is 5. The second kappa shape index (κ2) is 11.1. The third-order valence-corrected chi connectivity index (χ3v) is 5.90. The molecule has 1 saturated heterocycles. The van der Waals surface area contributed by atoms with E-state index in [4.69, 9.17) is 0 Å². The second-order valence-corrected chi connectivity index (χ2v) is 8.17. The monoisotopic (exact) mass is 500 g/mol. The first-order valence-electron chi connectivity index (χ1n) is 10.9. The third kappa shape index (κ3) is 6.15. The number of aromatic nitrogens is 3. The van der Waals surface area contributed by atoms with Crippen LogP contribution in [0.1, 0.15) is 36.2 Å². The Labute approximate surface area is 207 Å². The number of amides is 3. The average molecular weight is 501 g/mol.